The number of methoxy groups -OCH3 is 1. The van der Waals surface area contributed by atoms with Crippen molar-refractivity contribution >= 4 is 29.2 Å². The molecule has 134 valence electrons. The van der Waals surface area contributed by atoms with Crippen LogP contribution in [0.25, 0.3) is 22.3 Å². The second-order valence-electron chi connectivity index (χ2n) is 5.87. The quantitative estimate of drug-likeness (QED) is 0.560. The summed E-state index contributed by atoms with van der Waals surface area (Å²) in [7, 11) is 1.27. The monoisotopic (exact) mass is 370 g/mol. The molecule has 1 N–H and O–H groups in total. The highest BCUT2D eigenvalue weighted by Crippen LogP contribution is 2.25. The smallest absolute Gasteiger partial charge is 0.338 e. The third-order valence-corrected chi connectivity index (χ3v) is 4.59. The number of aromatic amines is 1. The summed E-state index contributed by atoms with van der Waals surface area (Å²) >= 11 is 5.35. The summed E-state index contributed by atoms with van der Waals surface area (Å²) in [6.07, 6.45) is 4.07. The zero-order valence-corrected chi connectivity index (χ0v) is 15.5. The molecular weight excluding hydrogens is 352 g/mol. The highest BCUT2D eigenvalue weighted by Gasteiger charge is 2.21. The first kappa shape index (κ1) is 17.9. The van der Waals surface area contributed by atoms with Gasteiger partial charge in [-0.25, -0.2) is 9.78 Å². The van der Waals surface area contributed by atoms with E-state index in [0.717, 1.165) is 12.0 Å². The second-order valence-corrected chi connectivity index (χ2v) is 6.26. The van der Waals surface area contributed by atoms with Crippen molar-refractivity contribution in [1.82, 2.24) is 19.5 Å². The lowest BCUT2D eigenvalue weighted by molar-refractivity contribution is 0.0603. The van der Waals surface area contributed by atoms with Crippen LogP contribution in [0.5, 0.6) is 0 Å². The third-order valence-electron chi connectivity index (χ3n) is 4.29. The average Bonchev–Trinajstić information content (AvgIpc) is 2.66. The normalized spacial score (nSPS) is 12.1. The third kappa shape index (κ3) is 3.03. The van der Waals surface area contributed by atoms with Crippen LogP contribution >= 0.6 is 12.2 Å². The molecule has 3 aromatic heterocycles. The summed E-state index contributed by atoms with van der Waals surface area (Å²) in [5, 5.41) is 0.165. The van der Waals surface area contributed by atoms with E-state index in [-0.39, 0.29) is 21.8 Å². The summed E-state index contributed by atoms with van der Waals surface area (Å²) in [6, 6.07) is 5.14. The first-order valence-electron chi connectivity index (χ1n) is 8.16. The molecule has 0 spiro atoms. The maximum Gasteiger partial charge on any atom is 0.338 e. The number of H-pyrrole nitrogens is 1. The van der Waals surface area contributed by atoms with Crippen LogP contribution in [0, 0.1) is 4.77 Å². The molecule has 0 saturated heterocycles. The Balaban J connectivity index is 2.50. The van der Waals surface area contributed by atoms with E-state index in [2.05, 4.69) is 15.0 Å². The fraction of sp³-hybridized carbons (Fsp3) is 0.278. The minimum Gasteiger partial charge on any atom is -0.465 e. The van der Waals surface area contributed by atoms with E-state index in [1.807, 2.05) is 19.9 Å². The predicted octanol–water partition coefficient (Wildman–Crippen LogP) is 3.27. The largest absolute Gasteiger partial charge is 0.465 e. The number of fused-ring (bicyclic) bond motifs is 1. The van der Waals surface area contributed by atoms with Crippen molar-refractivity contribution < 1.29 is 9.53 Å². The first-order chi connectivity index (χ1) is 12.5. The Bertz CT molecular complexity index is 1090. The van der Waals surface area contributed by atoms with Gasteiger partial charge in [0, 0.05) is 24.0 Å². The number of nitrogens with zero attached hydrogens (tertiary/aromatic N) is 3. The van der Waals surface area contributed by atoms with E-state index in [4.69, 9.17) is 17.0 Å². The van der Waals surface area contributed by atoms with Gasteiger partial charge >= 0.3 is 5.97 Å². The first-order valence-corrected chi connectivity index (χ1v) is 8.57. The number of rotatable bonds is 4. The van der Waals surface area contributed by atoms with Crippen molar-refractivity contribution in [3.63, 3.8) is 0 Å². The number of hydrogen-bond donors (Lipinski definition) is 1. The molecule has 1 unspecified atom stereocenters. The zero-order valence-electron chi connectivity index (χ0n) is 14.6. The molecule has 0 aliphatic rings. The lowest BCUT2D eigenvalue weighted by Crippen LogP contribution is -2.21. The van der Waals surface area contributed by atoms with Crippen LogP contribution in [-0.4, -0.2) is 32.6 Å². The maximum absolute atomic E-state index is 12.6. The highest BCUT2D eigenvalue weighted by molar-refractivity contribution is 7.71. The molecule has 0 fully saturated rings. The molecular formula is C18H18N4O3S. The molecule has 1 atom stereocenters. The number of esters is 1. The Kier molecular flexibility index (Phi) is 4.94. The van der Waals surface area contributed by atoms with Crippen LogP contribution in [0.2, 0.25) is 0 Å². The Morgan fingerprint density at radius 2 is 2.23 bits per heavy atom. The molecule has 3 heterocycles. The van der Waals surface area contributed by atoms with Crippen molar-refractivity contribution in [3.8, 4) is 11.3 Å². The number of carbonyl (C=O) groups is 1. The van der Waals surface area contributed by atoms with Gasteiger partial charge in [0.25, 0.3) is 5.56 Å². The van der Waals surface area contributed by atoms with Gasteiger partial charge in [0.1, 0.15) is 5.65 Å². The molecule has 3 aromatic rings. The van der Waals surface area contributed by atoms with E-state index < -0.39 is 11.5 Å². The van der Waals surface area contributed by atoms with Crippen LogP contribution in [-0.2, 0) is 4.74 Å². The number of hydrogen-bond acceptors (Lipinski definition) is 6. The average molecular weight is 370 g/mol. The van der Waals surface area contributed by atoms with E-state index in [1.54, 1.807) is 29.1 Å². The molecule has 26 heavy (non-hydrogen) atoms. The molecule has 0 saturated carbocycles. The summed E-state index contributed by atoms with van der Waals surface area (Å²) < 4.78 is 6.91. The van der Waals surface area contributed by atoms with E-state index in [0.29, 0.717) is 11.3 Å². The van der Waals surface area contributed by atoms with Gasteiger partial charge in [-0.3, -0.25) is 19.3 Å². The minimum absolute atomic E-state index is 0.0102. The Morgan fingerprint density at radius 1 is 1.46 bits per heavy atom. The predicted molar refractivity (Wildman–Crippen MR) is 101 cm³/mol. The van der Waals surface area contributed by atoms with Crippen molar-refractivity contribution in [1.29, 1.82) is 0 Å². The Hall–Kier alpha value is -2.87. The van der Waals surface area contributed by atoms with Crippen LogP contribution < -0.4 is 5.56 Å². The Labute approximate surface area is 154 Å². The topological polar surface area (TPSA) is 89.9 Å². The summed E-state index contributed by atoms with van der Waals surface area (Å²) in [5.74, 6) is -0.610. The number of ether oxygens (including phenoxy) is 1. The number of aromatic nitrogens is 4. The summed E-state index contributed by atoms with van der Waals surface area (Å²) in [4.78, 5) is 36.3. The SMILES string of the molecule is CCC(C)n1c(=S)[nH]c(=O)c2c(C(=O)OC)cc(-c3cccnc3)nc21. The molecule has 0 aliphatic carbocycles. The maximum atomic E-state index is 12.6. The molecule has 0 radical (unpaired) electrons. The van der Waals surface area contributed by atoms with Gasteiger partial charge < -0.3 is 4.74 Å². The molecule has 0 amide bonds. The minimum atomic E-state index is -0.610. The van der Waals surface area contributed by atoms with Crippen molar-refractivity contribution in [2.45, 2.75) is 26.3 Å². The van der Waals surface area contributed by atoms with Crippen molar-refractivity contribution in [3.05, 3.63) is 51.3 Å². The van der Waals surface area contributed by atoms with E-state index in [1.165, 1.54) is 7.11 Å². The van der Waals surface area contributed by atoms with Crippen LogP contribution in [0.1, 0.15) is 36.7 Å². The van der Waals surface area contributed by atoms with Crippen LogP contribution in [0.15, 0.2) is 35.4 Å². The number of carbonyl (C=O) groups excluding carboxylic acids is 1. The van der Waals surface area contributed by atoms with Crippen molar-refractivity contribution in [2.75, 3.05) is 7.11 Å². The van der Waals surface area contributed by atoms with E-state index >= 15 is 0 Å². The molecule has 7 nitrogen and oxygen atoms in total. The molecule has 0 bridgehead atoms. The lowest BCUT2D eigenvalue weighted by Gasteiger charge is -2.18. The van der Waals surface area contributed by atoms with Gasteiger partial charge in [-0.1, -0.05) is 6.92 Å². The van der Waals surface area contributed by atoms with Gasteiger partial charge in [0.05, 0.1) is 23.8 Å². The Morgan fingerprint density at radius 3 is 2.85 bits per heavy atom. The standard InChI is InChI=1S/C18H18N4O3S/c1-4-10(2)22-15-14(16(23)21-18(22)26)12(17(24)25-3)8-13(20-15)11-6-5-7-19-9-11/h5-10H,4H2,1-3H3,(H,21,23,26). The second kappa shape index (κ2) is 7.17. The van der Waals surface area contributed by atoms with Crippen molar-refractivity contribution in [2.24, 2.45) is 0 Å². The molecule has 8 heteroatoms. The van der Waals surface area contributed by atoms with Gasteiger partial charge in [-0.05, 0) is 43.8 Å². The van der Waals surface area contributed by atoms with Gasteiger partial charge in [0.15, 0.2) is 4.77 Å². The van der Waals surface area contributed by atoms with Crippen LogP contribution in [0.3, 0.4) is 0 Å². The molecule has 0 aliphatic heterocycles. The summed E-state index contributed by atoms with van der Waals surface area (Å²) in [5.41, 5.74) is 1.28. The summed E-state index contributed by atoms with van der Waals surface area (Å²) in [6.45, 7) is 3.99. The fourth-order valence-electron chi connectivity index (χ4n) is 2.77. The van der Waals surface area contributed by atoms with Gasteiger partial charge in [-0.2, -0.15) is 0 Å². The molecule has 0 aromatic carbocycles. The molecule has 3 rings (SSSR count). The van der Waals surface area contributed by atoms with Gasteiger partial charge in [-0.15, -0.1) is 0 Å². The zero-order chi connectivity index (χ0) is 18.8. The lowest BCUT2D eigenvalue weighted by atomic mass is 10.1. The van der Waals surface area contributed by atoms with E-state index in [9.17, 15) is 9.59 Å². The van der Waals surface area contributed by atoms with Gasteiger partial charge in [0.2, 0.25) is 0 Å². The van der Waals surface area contributed by atoms with Crippen LogP contribution in [0.4, 0.5) is 0 Å². The fourth-order valence-corrected chi connectivity index (χ4v) is 3.13. The number of nitrogens with one attached hydrogen (secondary N) is 1. The highest BCUT2D eigenvalue weighted by atomic mass is 32.1. The number of pyridine rings is 2.